The van der Waals surface area contributed by atoms with E-state index in [1.165, 1.54) is 11.1 Å². The van der Waals surface area contributed by atoms with Gasteiger partial charge in [-0.05, 0) is 18.1 Å². The summed E-state index contributed by atoms with van der Waals surface area (Å²) in [6, 6.07) is 8.19. The number of rotatable bonds is 0. The zero-order chi connectivity index (χ0) is 13.6. The van der Waals surface area contributed by atoms with Crippen molar-refractivity contribution in [2.45, 2.75) is 38.5 Å². The van der Waals surface area contributed by atoms with Gasteiger partial charge in [0.1, 0.15) is 6.10 Å². The molecule has 100 valence electrons. The lowest BCUT2D eigenvalue weighted by Crippen LogP contribution is -2.51. The van der Waals surface area contributed by atoms with Crippen molar-refractivity contribution >= 4 is 11.8 Å². The maximum atomic E-state index is 12.7. The molecule has 0 saturated heterocycles. The predicted molar refractivity (Wildman–Crippen MR) is 73.0 cm³/mol. The fraction of sp³-hybridized carbons (Fsp3) is 0.467. The number of aliphatic imine (C=N–C) groups is 1. The highest BCUT2D eigenvalue weighted by Crippen LogP contribution is 2.35. The Morgan fingerprint density at radius 2 is 2.05 bits per heavy atom. The van der Waals surface area contributed by atoms with E-state index in [2.05, 4.69) is 17.1 Å². The quantitative estimate of drug-likeness (QED) is 0.712. The van der Waals surface area contributed by atoms with Crippen molar-refractivity contribution in [3.05, 3.63) is 35.4 Å². The molecule has 2 aliphatic heterocycles. The average Bonchev–Trinajstić information content (AvgIpc) is 2.60. The molecule has 0 radical (unpaired) electrons. The van der Waals surface area contributed by atoms with Crippen molar-refractivity contribution in [1.82, 2.24) is 4.90 Å². The summed E-state index contributed by atoms with van der Waals surface area (Å²) in [6.45, 7) is 4.38. The fourth-order valence-corrected chi connectivity index (χ4v) is 3.06. The molecule has 1 amide bonds. The number of fused-ring (bicyclic) bond motifs is 1. The molecule has 1 aromatic carbocycles. The van der Waals surface area contributed by atoms with Gasteiger partial charge in [-0.2, -0.15) is 0 Å². The van der Waals surface area contributed by atoms with Gasteiger partial charge in [-0.1, -0.05) is 24.3 Å². The Morgan fingerprint density at radius 3 is 2.68 bits per heavy atom. The fourth-order valence-electron chi connectivity index (χ4n) is 3.06. The van der Waals surface area contributed by atoms with Crippen LogP contribution in [-0.4, -0.2) is 35.4 Å². The lowest BCUT2D eigenvalue weighted by atomic mass is 9.86. The molecule has 2 atom stereocenters. The van der Waals surface area contributed by atoms with E-state index in [1.807, 2.05) is 33.0 Å². The Labute approximate surface area is 113 Å². The minimum atomic E-state index is -0.786. The van der Waals surface area contributed by atoms with Gasteiger partial charge in [0.05, 0.1) is 0 Å². The van der Waals surface area contributed by atoms with Gasteiger partial charge in [0.15, 0.2) is 11.4 Å². The minimum absolute atomic E-state index is 0.0491. The minimum Gasteiger partial charge on any atom is -0.475 e. The standard InChI is InChI=1S/C15H18N2O2/c1-10-15(16-11(2)19-10)8-12-6-4-5-7-13(12)9-17(3)14(15)18/h4-7,10H,8-9H2,1-3H3. The van der Waals surface area contributed by atoms with E-state index in [9.17, 15) is 4.79 Å². The first-order valence-corrected chi connectivity index (χ1v) is 6.58. The molecule has 4 heteroatoms. The van der Waals surface area contributed by atoms with Crippen LogP contribution in [0.4, 0.5) is 0 Å². The van der Waals surface area contributed by atoms with Gasteiger partial charge in [0.2, 0.25) is 0 Å². The lowest BCUT2D eigenvalue weighted by molar-refractivity contribution is -0.137. The van der Waals surface area contributed by atoms with Gasteiger partial charge in [0, 0.05) is 26.9 Å². The number of carbonyl (C=O) groups excluding carboxylic acids is 1. The number of amides is 1. The third kappa shape index (κ3) is 1.74. The van der Waals surface area contributed by atoms with Gasteiger partial charge < -0.3 is 9.64 Å². The smallest absolute Gasteiger partial charge is 0.254 e. The largest absolute Gasteiger partial charge is 0.475 e. The molecular formula is C15H18N2O2. The number of hydrogen-bond donors (Lipinski definition) is 0. The summed E-state index contributed by atoms with van der Waals surface area (Å²) < 4.78 is 5.65. The van der Waals surface area contributed by atoms with Crippen LogP contribution >= 0.6 is 0 Å². The summed E-state index contributed by atoms with van der Waals surface area (Å²) in [5, 5.41) is 0. The number of nitrogens with zero attached hydrogens (tertiary/aromatic N) is 2. The molecule has 2 unspecified atom stereocenters. The van der Waals surface area contributed by atoms with E-state index in [1.54, 1.807) is 4.90 Å². The summed E-state index contributed by atoms with van der Waals surface area (Å²) in [4.78, 5) is 19.0. The number of likely N-dealkylation sites (N-methyl/N-ethyl adjacent to an activating group) is 1. The van der Waals surface area contributed by atoms with Crippen molar-refractivity contribution in [3.8, 4) is 0 Å². The first-order valence-electron chi connectivity index (χ1n) is 6.58. The maximum absolute atomic E-state index is 12.7. The van der Waals surface area contributed by atoms with Crippen LogP contribution in [0.5, 0.6) is 0 Å². The summed E-state index contributed by atoms with van der Waals surface area (Å²) in [7, 11) is 1.84. The van der Waals surface area contributed by atoms with E-state index in [4.69, 9.17) is 4.74 Å². The second kappa shape index (κ2) is 4.08. The molecular weight excluding hydrogens is 240 g/mol. The van der Waals surface area contributed by atoms with E-state index < -0.39 is 5.54 Å². The van der Waals surface area contributed by atoms with Crippen LogP contribution in [0.15, 0.2) is 29.3 Å². The molecule has 0 N–H and O–H groups in total. The van der Waals surface area contributed by atoms with Crippen LogP contribution in [-0.2, 0) is 22.5 Å². The van der Waals surface area contributed by atoms with Crippen LogP contribution in [0.1, 0.15) is 25.0 Å². The summed E-state index contributed by atoms with van der Waals surface area (Å²) in [5.41, 5.74) is 1.60. The molecule has 0 fully saturated rings. The molecule has 4 nitrogen and oxygen atoms in total. The first kappa shape index (κ1) is 12.2. The van der Waals surface area contributed by atoms with Crippen LogP contribution < -0.4 is 0 Å². The number of ether oxygens (including phenoxy) is 1. The topological polar surface area (TPSA) is 41.9 Å². The molecule has 0 aliphatic carbocycles. The van der Waals surface area contributed by atoms with Crippen LogP contribution in [0.2, 0.25) is 0 Å². The summed E-state index contributed by atoms with van der Waals surface area (Å²) >= 11 is 0. The summed E-state index contributed by atoms with van der Waals surface area (Å²) in [5.74, 6) is 0.654. The Morgan fingerprint density at radius 1 is 1.37 bits per heavy atom. The molecule has 1 aromatic rings. The Bertz CT molecular complexity index is 567. The normalized spacial score (nSPS) is 29.8. The highest BCUT2D eigenvalue weighted by molar-refractivity contribution is 5.93. The second-order valence-corrected chi connectivity index (χ2v) is 5.42. The van der Waals surface area contributed by atoms with Crippen LogP contribution in [0, 0.1) is 0 Å². The molecule has 2 aliphatic rings. The first-order chi connectivity index (χ1) is 9.03. The lowest BCUT2D eigenvalue weighted by Gasteiger charge is -2.29. The molecule has 0 saturated carbocycles. The van der Waals surface area contributed by atoms with Gasteiger partial charge in [0.25, 0.3) is 5.91 Å². The van der Waals surface area contributed by atoms with E-state index in [-0.39, 0.29) is 12.0 Å². The van der Waals surface area contributed by atoms with Gasteiger partial charge in [-0.3, -0.25) is 4.79 Å². The van der Waals surface area contributed by atoms with Crippen LogP contribution in [0.3, 0.4) is 0 Å². The van der Waals surface area contributed by atoms with Gasteiger partial charge >= 0.3 is 0 Å². The van der Waals surface area contributed by atoms with Crippen molar-refractivity contribution in [3.63, 3.8) is 0 Å². The zero-order valence-corrected chi connectivity index (χ0v) is 11.5. The number of hydrogen-bond acceptors (Lipinski definition) is 3. The van der Waals surface area contributed by atoms with Crippen molar-refractivity contribution in [1.29, 1.82) is 0 Å². The molecule has 1 spiro atoms. The molecule has 3 rings (SSSR count). The Balaban J connectivity index is 2.13. The van der Waals surface area contributed by atoms with Gasteiger partial charge in [-0.15, -0.1) is 0 Å². The highest BCUT2D eigenvalue weighted by atomic mass is 16.5. The number of carbonyl (C=O) groups is 1. The predicted octanol–water partition coefficient (Wildman–Crippen LogP) is 1.78. The zero-order valence-electron chi connectivity index (χ0n) is 11.5. The maximum Gasteiger partial charge on any atom is 0.254 e. The monoisotopic (exact) mass is 258 g/mol. The second-order valence-electron chi connectivity index (χ2n) is 5.42. The van der Waals surface area contributed by atoms with Gasteiger partial charge in [-0.25, -0.2) is 4.99 Å². The van der Waals surface area contributed by atoms with Crippen molar-refractivity contribution in [2.24, 2.45) is 4.99 Å². The highest BCUT2D eigenvalue weighted by Gasteiger charge is 2.51. The third-order valence-electron chi connectivity index (χ3n) is 4.08. The molecule has 0 bridgehead atoms. The third-order valence-corrected chi connectivity index (χ3v) is 4.08. The average molecular weight is 258 g/mol. The SMILES string of the molecule is CC1=NC2(Cc3ccccc3CN(C)C2=O)C(C)O1. The van der Waals surface area contributed by atoms with E-state index >= 15 is 0 Å². The van der Waals surface area contributed by atoms with Crippen LogP contribution in [0.25, 0.3) is 0 Å². The van der Waals surface area contributed by atoms with Crippen molar-refractivity contribution in [2.75, 3.05) is 7.05 Å². The van der Waals surface area contributed by atoms with Crippen molar-refractivity contribution < 1.29 is 9.53 Å². The van der Waals surface area contributed by atoms with E-state index in [0.717, 1.165) is 0 Å². The summed E-state index contributed by atoms with van der Waals surface area (Å²) in [6.07, 6.45) is 0.402. The number of benzene rings is 1. The Hall–Kier alpha value is -1.84. The molecule has 2 heterocycles. The Kier molecular flexibility index (Phi) is 2.62. The molecule has 0 aromatic heterocycles. The molecule has 19 heavy (non-hydrogen) atoms. The van der Waals surface area contributed by atoms with E-state index in [0.29, 0.717) is 18.9 Å².